The second-order valence-electron chi connectivity index (χ2n) is 5.48. The Morgan fingerprint density at radius 3 is 2.72 bits per heavy atom. The van der Waals surface area contributed by atoms with Crippen LogP contribution >= 0.6 is 0 Å². The number of nitrogen functional groups attached to an aromatic ring is 1. The highest BCUT2D eigenvalue weighted by atomic mass is 19.1. The Kier molecular flexibility index (Phi) is 2.33. The average molecular weight is 251 g/mol. The number of rotatable bonds is 2. The van der Waals surface area contributed by atoms with E-state index in [1.54, 1.807) is 4.57 Å². The summed E-state index contributed by atoms with van der Waals surface area (Å²) in [4.78, 5) is 4.00. The number of imidazole rings is 1. The van der Waals surface area contributed by atoms with E-state index in [0.29, 0.717) is 12.1 Å². The van der Waals surface area contributed by atoms with Gasteiger partial charge in [-0.15, -0.1) is 0 Å². The van der Waals surface area contributed by atoms with Crippen molar-refractivity contribution in [2.45, 2.75) is 32.7 Å². The minimum atomic E-state index is -0.658. The Morgan fingerprint density at radius 2 is 2.11 bits per heavy atom. The van der Waals surface area contributed by atoms with Crippen molar-refractivity contribution in [3.8, 4) is 0 Å². The lowest BCUT2D eigenvalue weighted by Crippen LogP contribution is -2.31. The van der Waals surface area contributed by atoms with Crippen molar-refractivity contribution in [1.82, 2.24) is 9.55 Å². The fourth-order valence-electron chi connectivity index (χ4n) is 2.65. The first-order valence-electron chi connectivity index (χ1n) is 6.09. The molecule has 2 aromatic rings. The van der Waals surface area contributed by atoms with Crippen LogP contribution in [0, 0.1) is 17.0 Å². The number of nitrogens with zero attached hydrogens (tertiary/aromatic N) is 2. The second kappa shape index (κ2) is 3.67. The van der Waals surface area contributed by atoms with Gasteiger partial charge in [0.1, 0.15) is 11.3 Å². The first-order valence-corrected chi connectivity index (χ1v) is 6.09. The van der Waals surface area contributed by atoms with Crippen molar-refractivity contribution in [2.75, 3.05) is 5.73 Å². The molecule has 1 heterocycles. The number of hydrogen-bond donors (Lipinski definition) is 1. The largest absolute Gasteiger partial charge is 0.369 e. The van der Waals surface area contributed by atoms with E-state index in [1.807, 2.05) is 0 Å². The summed E-state index contributed by atoms with van der Waals surface area (Å²) in [5, 5.41) is 0. The van der Waals surface area contributed by atoms with E-state index >= 15 is 0 Å². The molecule has 0 bridgehead atoms. The molecule has 0 spiro atoms. The van der Waals surface area contributed by atoms with Crippen LogP contribution in [0.5, 0.6) is 0 Å². The third kappa shape index (κ3) is 1.65. The van der Waals surface area contributed by atoms with Crippen molar-refractivity contribution in [2.24, 2.45) is 5.41 Å². The summed E-state index contributed by atoms with van der Waals surface area (Å²) in [6.07, 6.45) is 3.43. The van der Waals surface area contributed by atoms with Crippen LogP contribution in [0.1, 0.15) is 26.2 Å². The molecule has 5 heteroatoms. The summed E-state index contributed by atoms with van der Waals surface area (Å²) in [6, 6.07) is 2.13. The molecule has 96 valence electrons. The number of nitrogens with two attached hydrogens (primary N) is 1. The molecule has 0 amide bonds. The van der Waals surface area contributed by atoms with Gasteiger partial charge in [-0.05, 0) is 18.3 Å². The van der Waals surface area contributed by atoms with Gasteiger partial charge in [0.2, 0.25) is 5.95 Å². The van der Waals surface area contributed by atoms with Gasteiger partial charge in [-0.25, -0.2) is 13.8 Å². The van der Waals surface area contributed by atoms with Crippen LogP contribution in [0.3, 0.4) is 0 Å². The van der Waals surface area contributed by atoms with Gasteiger partial charge in [0.25, 0.3) is 0 Å². The standard InChI is InChI=1S/C13H15F2N3/c1-13(3-2-4-13)7-18-10-6-8(14)5-9(15)11(10)17-12(18)16/h5-6H,2-4,7H2,1H3,(H2,16,17). The maximum absolute atomic E-state index is 13.6. The Hall–Kier alpha value is -1.65. The highest BCUT2D eigenvalue weighted by molar-refractivity contribution is 5.79. The van der Waals surface area contributed by atoms with Crippen LogP contribution < -0.4 is 5.73 Å². The Balaban J connectivity index is 2.13. The van der Waals surface area contributed by atoms with Gasteiger partial charge >= 0.3 is 0 Å². The lowest BCUT2D eigenvalue weighted by Gasteiger charge is -2.38. The number of anilines is 1. The normalized spacial score (nSPS) is 17.9. The van der Waals surface area contributed by atoms with Gasteiger partial charge in [0.05, 0.1) is 5.52 Å². The van der Waals surface area contributed by atoms with E-state index in [0.717, 1.165) is 18.9 Å². The zero-order valence-corrected chi connectivity index (χ0v) is 10.2. The zero-order chi connectivity index (χ0) is 12.9. The molecule has 0 radical (unpaired) electrons. The summed E-state index contributed by atoms with van der Waals surface area (Å²) < 4.78 is 28.6. The average Bonchev–Trinajstić information content (AvgIpc) is 2.55. The molecule has 1 aromatic carbocycles. The summed E-state index contributed by atoms with van der Waals surface area (Å²) in [7, 11) is 0. The summed E-state index contributed by atoms with van der Waals surface area (Å²) >= 11 is 0. The number of halogens is 2. The maximum Gasteiger partial charge on any atom is 0.201 e. The molecule has 0 aliphatic heterocycles. The van der Waals surface area contributed by atoms with Crippen LogP contribution in [0.2, 0.25) is 0 Å². The third-order valence-electron chi connectivity index (χ3n) is 3.90. The van der Waals surface area contributed by atoms with Crippen LogP contribution in [0.15, 0.2) is 12.1 Å². The SMILES string of the molecule is CC1(Cn2c(N)nc3c(F)cc(F)cc32)CCC1. The molecule has 2 N–H and O–H groups in total. The fourth-order valence-corrected chi connectivity index (χ4v) is 2.65. The fraction of sp³-hybridized carbons (Fsp3) is 0.462. The Labute approximate surface area is 104 Å². The van der Waals surface area contributed by atoms with Gasteiger partial charge < -0.3 is 10.3 Å². The predicted octanol–water partition coefficient (Wildman–Crippen LogP) is 3.09. The van der Waals surface area contributed by atoms with E-state index in [2.05, 4.69) is 11.9 Å². The molecule has 0 atom stereocenters. The quantitative estimate of drug-likeness (QED) is 0.891. The molecule has 1 saturated carbocycles. The highest BCUT2D eigenvalue weighted by Gasteiger charge is 2.33. The monoisotopic (exact) mass is 251 g/mol. The van der Waals surface area contributed by atoms with Crippen LogP contribution in [0.4, 0.5) is 14.7 Å². The molecule has 3 nitrogen and oxygen atoms in total. The summed E-state index contributed by atoms with van der Waals surface area (Å²) in [6.45, 7) is 2.83. The van der Waals surface area contributed by atoms with Crippen molar-refractivity contribution in [1.29, 1.82) is 0 Å². The molecular formula is C13H15F2N3. The minimum Gasteiger partial charge on any atom is -0.369 e. The molecule has 18 heavy (non-hydrogen) atoms. The molecule has 1 aliphatic rings. The van der Waals surface area contributed by atoms with Crippen molar-refractivity contribution in [3.05, 3.63) is 23.8 Å². The molecule has 1 fully saturated rings. The van der Waals surface area contributed by atoms with Gasteiger partial charge in [-0.3, -0.25) is 0 Å². The lowest BCUT2D eigenvalue weighted by atomic mass is 9.70. The van der Waals surface area contributed by atoms with Gasteiger partial charge in [0.15, 0.2) is 5.82 Å². The third-order valence-corrected chi connectivity index (χ3v) is 3.90. The lowest BCUT2D eigenvalue weighted by molar-refractivity contribution is 0.135. The van der Waals surface area contributed by atoms with Gasteiger partial charge in [-0.1, -0.05) is 13.3 Å². The van der Waals surface area contributed by atoms with Crippen LogP contribution in [-0.2, 0) is 6.54 Å². The molecule has 1 aromatic heterocycles. The zero-order valence-electron chi connectivity index (χ0n) is 10.2. The summed E-state index contributed by atoms with van der Waals surface area (Å²) in [5.74, 6) is -1.00. The number of benzene rings is 1. The molecular weight excluding hydrogens is 236 g/mol. The highest BCUT2D eigenvalue weighted by Crippen LogP contribution is 2.42. The van der Waals surface area contributed by atoms with E-state index in [-0.39, 0.29) is 16.9 Å². The van der Waals surface area contributed by atoms with Crippen molar-refractivity contribution < 1.29 is 8.78 Å². The topological polar surface area (TPSA) is 43.8 Å². The van der Waals surface area contributed by atoms with E-state index in [9.17, 15) is 8.78 Å². The first kappa shape index (κ1) is 11.4. The van der Waals surface area contributed by atoms with Crippen LogP contribution in [-0.4, -0.2) is 9.55 Å². The summed E-state index contributed by atoms with van der Waals surface area (Å²) in [5.41, 5.74) is 6.58. The van der Waals surface area contributed by atoms with Crippen molar-refractivity contribution in [3.63, 3.8) is 0 Å². The number of fused-ring (bicyclic) bond motifs is 1. The molecule has 1 aliphatic carbocycles. The first-order chi connectivity index (χ1) is 8.48. The van der Waals surface area contributed by atoms with Gasteiger partial charge in [0, 0.05) is 18.7 Å². The molecule has 3 rings (SSSR count). The predicted molar refractivity (Wildman–Crippen MR) is 66.0 cm³/mol. The number of aromatic nitrogens is 2. The van der Waals surface area contributed by atoms with Crippen molar-refractivity contribution >= 4 is 17.0 Å². The smallest absolute Gasteiger partial charge is 0.201 e. The minimum absolute atomic E-state index is 0.150. The van der Waals surface area contributed by atoms with Gasteiger partial charge in [-0.2, -0.15) is 0 Å². The van der Waals surface area contributed by atoms with E-state index in [4.69, 9.17) is 5.73 Å². The van der Waals surface area contributed by atoms with E-state index in [1.165, 1.54) is 12.5 Å². The molecule has 0 saturated heterocycles. The number of hydrogen-bond acceptors (Lipinski definition) is 2. The second-order valence-corrected chi connectivity index (χ2v) is 5.48. The van der Waals surface area contributed by atoms with E-state index < -0.39 is 11.6 Å². The maximum atomic E-state index is 13.6. The van der Waals surface area contributed by atoms with Crippen LogP contribution in [0.25, 0.3) is 11.0 Å². The molecule has 0 unspecified atom stereocenters. The Bertz CT molecular complexity index is 614. The Morgan fingerprint density at radius 1 is 1.39 bits per heavy atom.